The minimum atomic E-state index is 0. The average molecular weight is 396 g/mol. The van der Waals surface area contributed by atoms with Gasteiger partial charge < -0.3 is 20.3 Å². The zero-order chi connectivity index (χ0) is 18.4. The third-order valence-electron chi connectivity index (χ3n) is 5.29. The largest absolute Gasteiger partial charge is 0.493 e. The number of nitrogens with zero attached hydrogens (tertiary/aromatic N) is 2. The Labute approximate surface area is 167 Å². The second kappa shape index (κ2) is 10.5. The molecule has 1 atom stereocenters. The summed E-state index contributed by atoms with van der Waals surface area (Å²) >= 11 is 0. The van der Waals surface area contributed by atoms with Crippen molar-refractivity contribution in [2.75, 3.05) is 32.8 Å². The number of nitrogens with two attached hydrogens (primary N) is 1. The second-order valence-electron chi connectivity index (χ2n) is 7.25. The standard InChI is InChI=1S/C20H29N3O3.ClH/c21-17-5-4-11-23(15-17)20(25)16-8-12-22(13-9-16)19(24)10-14-26-18-6-2-1-3-7-18;/h1-3,6-7,16-17H,4-5,8-15,21H2;1H. The molecule has 0 radical (unpaired) electrons. The van der Waals surface area contributed by atoms with Crippen LogP contribution in [-0.4, -0.2) is 60.4 Å². The summed E-state index contributed by atoms with van der Waals surface area (Å²) in [5.41, 5.74) is 5.98. The summed E-state index contributed by atoms with van der Waals surface area (Å²) in [6.45, 7) is 3.19. The summed E-state index contributed by atoms with van der Waals surface area (Å²) in [5, 5.41) is 0. The second-order valence-corrected chi connectivity index (χ2v) is 7.25. The SMILES string of the molecule is Cl.NC1CCCN(C(=O)C2CCN(C(=O)CCOc3ccccc3)CC2)C1. The van der Waals surface area contributed by atoms with Crippen LogP contribution in [0.3, 0.4) is 0 Å². The van der Waals surface area contributed by atoms with Crippen LogP contribution < -0.4 is 10.5 Å². The van der Waals surface area contributed by atoms with E-state index >= 15 is 0 Å². The number of carbonyl (C=O) groups is 2. The fourth-order valence-electron chi connectivity index (χ4n) is 3.78. The normalized spacial score (nSPS) is 20.7. The smallest absolute Gasteiger partial charge is 0.225 e. The highest BCUT2D eigenvalue weighted by Gasteiger charge is 2.31. The molecule has 7 heteroatoms. The Kier molecular flexibility index (Phi) is 8.38. The first-order valence-corrected chi connectivity index (χ1v) is 9.63. The highest BCUT2D eigenvalue weighted by molar-refractivity contribution is 5.85. The molecule has 2 heterocycles. The van der Waals surface area contributed by atoms with E-state index in [0.29, 0.717) is 32.7 Å². The summed E-state index contributed by atoms with van der Waals surface area (Å²) < 4.78 is 5.60. The molecule has 1 aromatic rings. The number of rotatable bonds is 5. The summed E-state index contributed by atoms with van der Waals surface area (Å²) in [6.07, 6.45) is 3.85. The van der Waals surface area contributed by atoms with Gasteiger partial charge in [-0.3, -0.25) is 9.59 Å². The van der Waals surface area contributed by atoms with E-state index < -0.39 is 0 Å². The van der Waals surface area contributed by atoms with E-state index in [2.05, 4.69) is 0 Å². The Balaban J connectivity index is 0.00000261. The number of carbonyl (C=O) groups excluding carboxylic acids is 2. The lowest BCUT2D eigenvalue weighted by atomic mass is 9.93. The Morgan fingerprint density at radius 1 is 1.04 bits per heavy atom. The Morgan fingerprint density at radius 3 is 2.41 bits per heavy atom. The molecular formula is C20H30ClN3O3. The first-order valence-electron chi connectivity index (χ1n) is 9.63. The van der Waals surface area contributed by atoms with Crippen molar-refractivity contribution in [2.45, 2.75) is 38.1 Å². The van der Waals surface area contributed by atoms with Gasteiger partial charge in [0.2, 0.25) is 11.8 Å². The number of piperidine rings is 2. The summed E-state index contributed by atoms with van der Waals surface area (Å²) in [6, 6.07) is 9.63. The predicted octanol–water partition coefficient (Wildman–Crippen LogP) is 2.07. The number of ether oxygens (including phenoxy) is 1. The van der Waals surface area contributed by atoms with Crippen molar-refractivity contribution >= 4 is 24.2 Å². The molecule has 3 rings (SSSR count). The van der Waals surface area contributed by atoms with Gasteiger partial charge in [-0.05, 0) is 37.8 Å². The monoisotopic (exact) mass is 395 g/mol. The molecular weight excluding hydrogens is 366 g/mol. The average Bonchev–Trinajstić information content (AvgIpc) is 2.68. The molecule has 27 heavy (non-hydrogen) atoms. The zero-order valence-electron chi connectivity index (χ0n) is 15.7. The lowest BCUT2D eigenvalue weighted by molar-refractivity contribution is -0.141. The first-order chi connectivity index (χ1) is 12.6. The number of hydrogen-bond acceptors (Lipinski definition) is 4. The molecule has 2 aliphatic rings. The Morgan fingerprint density at radius 2 is 1.74 bits per heavy atom. The molecule has 2 amide bonds. The number of amides is 2. The van der Waals surface area contributed by atoms with Crippen LogP contribution in [-0.2, 0) is 9.59 Å². The highest BCUT2D eigenvalue weighted by Crippen LogP contribution is 2.22. The number of hydrogen-bond donors (Lipinski definition) is 1. The van der Waals surface area contributed by atoms with Gasteiger partial charge in [-0.2, -0.15) is 0 Å². The highest BCUT2D eigenvalue weighted by atomic mass is 35.5. The van der Waals surface area contributed by atoms with E-state index in [4.69, 9.17) is 10.5 Å². The number of para-hydroxylation sites is 1. The molecule has 0 aliphatic carbocycles. The van der Waals surface area contributed by atoms with Crippen LogP contribution >= 0.6 is 12.4 Å². The molecule has 0 bridgehead atoms. The van der Waals surface area contributed by atoms with Gasteiger partial charge in [-0.1, -0.05) is 18.2 Å². The van der Waals surface area contributed by atoms with Crippen LogP contribution in [0.15, 0.2) is 30.3 Å². The Hall–Kier alpha value is -1.79. The van der Waals surface area contributed by atoms with Gasteiger partial charge in [0.15, 0.2) is 0 Å². The minimum Gasteiger partial charge on any atom is -0.493 e. The summed E-state index contributed by atoms with van der Waals surface area (Å²) in [4.78, 5) is 28.8. The van der Waals surface area contributed by atoms with Crippen LogP contribution in [0.5, 0.6) is 5.75 Å². The molecule has 0 spiro atoms. The lowest BCUT2D eigenvalue weighted by Gasteiger charge is -2.37. The van der Waals surface area contributed by atoms with Crippen molar-refractivity contribution < 1.29 is 14.3 Å². The van der Waals surface area contributed by atoms with Crippen molar-refractivity contribution in [1.82, 2.24) is 9.80 Å². The van der Waals surface area contributed by atoms with E-state index in [-0.39, 0.29) is 36.2 Å². The molecule has 2 fully saturated rings. The zero-order valence-corrected chi connectivity index (χ0v) is 16.5. The van der Waals surface area contributed by atoms with Gasteiger partial charge in [-0.25, -0.2) is 0 Å². The van der Waals surface area contributed by atoms with Crippen LogP contribution in [0.4, 0.5) is 0 Å². The van der Waals surface area contributed by atoms with E-state index in [1.165, 1.54) is 0 Å². The molecule has 1 unspecified atom stereocenters. The molecule has 150 valence electrons. The third-order valence-corrected chi connectivity index (χ3v) is 5.29. The lowest BCUT2D eigenvalue weighted by Crippen LogP contribution is -2.50. The third kappa shape index (κ3) is 6.11. The minimum absolute atomic E-state index is 0. The maximum absolute atomic E-state index is 12.7. The maximum Gasteiger partial charge on any atom is 0.225 e. The van der Waals surface area contributed by atoms with Gasteiger partial charge >= 0.3 is 0 Å². The van der Waals surface area contributed by atoms with E-state index in [1.54, 1.807) is 0 Å². The van der Waals surface area contributed by atoms with E-state index in [1.807, 2.05) is 40.1 Å². The topological polar surface area (TPSA) is 75.9 Å². The molecule has 0 saturated carbocycles. The summed E-state index contributed by atoms with van der Waals surface area (Å²) in [5.74, 6) is 1.14. The Bertz CT molecular complexity index is 606. The molecule has 2 N–H and O–H groups in total. The van der Waals surface area contributed by atoms with Gasteiger partial charge in [-0.15, -0.1) is 12.4 Å². The molecule has 2 saturated heterocycles. The fraction of sp³-hybridized carbons (Fsp3) is 0.600. The van der Waals surface area contributed by atoms with Crippen molar-refractivity contribution in [1.29, 1.82) is 0 Å². The maximum atomic E-state index is 12.7. The van der Waals surface area contributed by atoms with Crippen molar-refractivity contribution in [3.63, 3.8) is 0 Å². The van der Waals surface area contributed by atoms with Gasteiger partial charge in [0.05, 0.1) is 13.0 Å². The first kappa shape index (κ1) is 21.5. The number of benzene rings is 1. The van der Waals surface area contributed by atoms with Crippen molar-refractivity contribution in [2.24, 2.45) is 11.7 Å². The number of halogens is 1. The predicted molar refractivity (Wildman–Crippen MR) is 107 cm³/mol. The number of likely N-dealkylation sites (tertiary alicyclic amines) is 2. The molecule has 0 aromatic heterocycles. The molecule has 1 aromatic carbocycles. The fourth-order valence-corrected chi connectivity index (χ4v) is 3.78. The van der Waals surface area contributed by atoms with Crippen molar-refractivity contribution in [3.8, 4) is 5.75 Å². The van der Waals surface area contributed by atoms with Crippen molar-refractivity contribution in [3.05, 3.63) is 30.3 Å². The molecule has 6 nitrogen and oxygen atoms in total. The van der Waals surface area contributed by atoms with E-state index in [9.17, 15) is 9.59 Å². The van der Waals surface area contributed by atoms with Gasteiger partial charge in [0.1, 0.15) is 5.75 Å². The summed E-state index contributed by atoms with van der Waals surface area (Å²) in [7, 11) is 0. The van der Waals surface area contributed by atoms with Gasteiger partial charge in [0.25, 0.3) is 0 Å². The van der Waals surface area contributed by atoms with Crippen LogP contribution in [0.2, 0.25) is 0 Å². The van der Waals surface area contributed by atoms with Crippen LogP contribution in [0, 0.1) is 5.92 Å². The van der Waals surface area contributed by atoms with Gasteiger partial charge in [0, 0.05) is 38.1 Å². The van der Waals surface area contributed by atoms with Crippen LogP contribution in [0.25, 0.3) is 0 Å². The molecule has 2 aliphatic heterocycles. The van der Waals surface area contributed by atoms with E-state index in [0.717, 1.165) is 38.0 Å². The van der Waals surface area contributed by atoms with Crippen LogP contribution in [0.1, 0.15) is 32.1 Å². The quantitative estimate of drug-likeness (QED) is 0.828.